The Morgan fingerprint density at radius 3 is 2.50 bits per heavy atom. The van der Waals surface area contributed by atoms with Crippen LogP contribution in [0.4, 0.5) is 5.95 Å². The molecule has 0 bridgehead atoms. The van der Waals surface area contributed by atoms with Crippen molar-refractivity contribution in [1.82, 2.24) is 9.55 Å². The first kappa shape index (κ1) is 11.3. The molecule has 3 rings (SSSR count). The van der Waals surface area contributed by atoms with Gasteiger partial charge in [-0.2, -0.15) is 0 Å². The molecule has 0 amide bonds. The van der Waals surface area contributed by atoms with Crippen LogP contribution < -0.4 is 5.73 Å². The summed E-state index contributed by atoms with van der Waals surface area (Å²) in [5, 5.41) is 0. The molecule has 0 unspecified atom stereocenters. The Labute approximate surface area is 108 Å². The summed E-state index contributed by atoms with van der Waals surface area (Å²) in [6.45, 7) is 9.00. The average molecular weight is 241 g/mol. The van der Waals surface area contributed by atoms with Gasteiger partial charge in [-0.1, -0.05) is 38.1 Å². The van der Waals surface area contributed by atoms with E-state index in [9.17, 15) is 0 Å². The number of nitrogen functional groups attached to an aromatic ring is 1. The zero-order valence-corrected chi connectivity index (χ0v) is 11.4. The molecule has 0 saturated heterocycles. The first-order chi connectivity index (χ1) is 8.37. The van der Waals surface area contributed by atoms with E-state index in [0.29, 0.717) is 5.95 Å². The SMILES string of the molecule is CC1(C)c2ccccc2-c2cnc(N)n2C1(C)C. The molecule has 3 heteroatoms. The van der Waals surface area contributed by atoms with Crippen LogP contribution in [0.25, 0.3) is 11.3 Å². The maximum Gasteiger partial charge on any atom is 0.201 e. The fourth-order valence-electron chi connectivity index (χ4n) is 3.00. The van der Waals surface area contributed by atoms with Gasteiger partial charge in [0.15, 0.2) is 0 Å². The largest absolute Gasteiger partial charge is 0.369 e. The maximum atomic E-state index is 6.07. The zero-order chi connectivity index (χ0) is 13.1. The molecule has 1 aliphatic heterocycles. The Bertz CT molecular complexity index is 620. The van der Waals surface area contributed by atoms with Gasteiger partial charge in [-0.05, 0) is 19.4 Å². The first-order valence-corrected chi connectivity index (χ1v) is 6.31. The summed E-state index contributed by atoms with van der Waals surface area (Å²) in [6.07, 6.45) is 1.88. The number of hydrogen-bond donors (Lipinski definition) is 1. The van der Waals surface area contributed by atoms with Gasteiger partial charge in [0.1, 0.15) is 0 Å². The van der Waals surface area contributed by atoms with E-state index in [4.69, 9.17) is 5.73 Å². The Morgan fingerprint density at radius 2 is 1.78 bits per heavy atom. The van der Waals surface area contributed by atoms with E-state index in [1.807, 2.05) is 6.20 Å². The molecule has 1 aliphatic rings. The molecule has 94 valence electrons. The summed E-state index contributed by atoms with van der Waals surface area (Å²) in [5.74, 6) is 0.595. The van der Waals surface area contributed by atoms with Crippen molar-refractivity contribution in [3.8, 4) is 11.3 Å². The number of anilines is 1. The lowest BCUT2D eigenvalue weighted by Gasteiger charge is -2.48. The molecule has 0 spiro atoms. The number of imidazole rings is 1. The van der Waals surface area contributed by atoms with Crippen molar-refractivity contribution in [3.63, 3.8) is 0 Å². The molecular weight excluding hydrogens is 222 g/mol. The monoisotopic (exact) mass is 241 g/mol. The van der Waals surface area contributed by atoms with Gasteiger partial charge in [-0.15, -0.1) is 0 Å². The summed E-state index contributed by atoms with van der Waals surface area (Å²) >= 11 is 0. The molecule has 1 aromatic heterocycles. The lowest BCUT2D eigenvalue weighted by molar-refractivity contribution is 0.199. The Hall–Kier alpha value is -1.77. The lowest BCUT2D eigenvalue weighted by atomic mass is 9.65. The van der Waals surface area contributed by atoms with Crippen LogP contribution in [0.15, 0.2) is 30.5 Å². The summed E-state index contributed by atoms with van der Waals surface area (Å²) in [4.78, 5) is 4.30. The van der Waals surface area contributed by atoms with E-state index in [1.54, 1.807) is 0 Å². The lowest BCUT2D eigenvalue weighted by Crippen LogP contribution is -2.48. The molecule has 1 aromatic carbocycles. The highest BCUT2D eigenvalue weighted by Gasteiger charge is 2.46. The highest BCUT2D eigenvalue weighted by molar-refractivity contribution is 5.70. The van der Waals surface area contributed by atoms with Crippen LogP contribution in [0.2, 0.25) is 0 Å². The van der Waals surface area contributed by atoms with Crippen molar-refractivity contribution in [2.24, 2.45) is 0 Å². The highest BCUT2D eigenvalue weighted by Crippen LogP contribution is 2.50. The van der Waals surface area contributed by atoms with Crippen LogP contribution in [-0.2, 0) is 11.0 Å². The van der Waals surface area contributed by atoms with Gasteiger partial charge in [-0.25, -0.2) is 4.98 Å². The van der Waals surface area contributed by atoms with Crippen LogP contribution in [0.3, 0.4) is 0 Å². The van der Waals surface area contributed by atoms with Crippen LogP contribution in [-0.4, -0.2) is 9.55 Å². The molecular formula is C15H19N3. The second-order valence-corrected chi connectivity index (χ2v) is 6.07. The minimum absolute atomic E-state index is 0.00537. The minimum atomic E-state index is -0.0999. The second kappa shape index (κ2) is 3.16. The first-order valence-electron chi connectivity index (χ1n) is 6.31. The van der Waals surface area contributed by atoms with E-state index in [0.717, 1.165) is 5.69 Å². The summed E-state index contributed by atoms with van der Waals surface area (Å²) in [6, 6.07) is 8.54. The van der Waals surface area contributed by atoms with Gasteiger partial charge in [0.05, 0.1) is 17.4 Å². The number of fused-ring (bicyclic) bond motifs is 3. The third-order valence-corrected chi connectivity index (χ3v) is 4.75. The maximum absolute atomic E-state index is 6.07. The molecule has 0 aliphatic carbocycles. The van der Waals surface area contributed by atoms with Gasteiger partial charge >= 0.3 is 0 Å². The summed E-state index contributed by atoms with van der Waals surface area (Å²) in [7, 11) is 0. The second-order valence-electron chi connectivity index (χ2n) is 6.07. The quantitative estimate of drug-likeness (QED) is 0.770. The van der Waals surface area contributed by atoms with Gasteiger partial charge in [0.2, 0.25) is 5.95 Å². The smallest absolute Gasteiger partial charge is 0.201 e. The van der Waals surface area contributed by atoms with Gasteiger partial charge in [0.25, 0.3) is 0 Å². The van der Waals surface area contributed by atoms with Crippen molar-refractivity contribution in [1.29, 1.82) is 0 Å². The fraction of sp³-hybridized carbons (Fsp3) is 0.400. The zero-order valence-electron chi connectivity index (χ0n) is 11.4. The minimum Gasteiger partial charge on any atom is -0.369 e. The Kier molecular flexibility index (Phi) is 1.99. The van der Waals surface area contributed by atoms with Crippen LogP contribution in [0, 0.1) is 0 Å². The van der Waals surface area contributed by atoms with Crippen LogP contribution in [0.5, 0.6) is 0 Å². The van der Waals surface area contributed by atoms with Gasteiger partial charge < -0.3 is 10.3 Å². The molecule has 2 heterocycles. The molecule has 18 heavy (non-hydrogen) atoms. The predicted octanol–water partition coefficient (Wildman–Crippen LogP) is 3.16. The summed E-state index contributed by atoms with van der Waals surface area (Å²) < 4.78 is 2.16. The van der Waals surface area contributed by atoms with Gasteiger partial charge in [-0.3, -0.25) is 0 Å². The number of rotatable bonds is 0. The van der Waals surface area contributed by atoms with Crippen molar-refractivity contribution >= 4 is 5.95 Å². The van der Waals surface area contributed by atoms with Crippen molar-refractivity contribution in [3.05, 3.63) is 36.0 Å². The number of hydrogen-bond acceptors (Lipinski definition) is 2. The highest BCUT2D eigenvalue weighted by atomic mass is 15.2. The third-order valence-electron chi connectivity index (χ3n) is 4.75. The van der Waals surface area contributed by atoms with Crippen molar-refractivity contribution in [2.75, 3.05) is 5.73 Å². The normalized spacial score (nSPS) is 19.1. The molecule has 3 nitrogen and oxygen atoms in total. The van der Waals surface area contributed by atoms with Gasteiger partial charge in [0, 0.05) is 11.0 Å². The van der Waals surface area contributed by atoms with Crippen LogP contribution >= 0.6 is 0 Å². The number of nitrogens with two attached hydrogens (primary N) is 1. The number of benzene rings is 1. The molecule has 0 fully saturated rings. The van der Waals surface area contributed by atoms with Crippen molar-refractivity contribution < 1.29 is 0 Å². The van der Waals surface area contributed by atoms with E-state index in [1.165, 1.54) is 11.1 Å². The molecule has 0 radical (unpaired) electrons. The molecule has 0 saturated carbocycles. The fourth-order valence-corrected chi connectivity index (χ4v) is 3.00. The Balaban J connectivity index is 2.45. The van der Waals surface area contributed by atoms with E-state index < -0.39 is 0 Å². The third kappa shape index (κ3) is 1.12. The number of nitrogens with zero attached hydrogens (tertiary/aromatic N) is 2. The number of aromatic nitrogens is 2. The average Bonchev–Trinajstić information content (AvgIpc) is 2.70. The summed E-state index contributed by atoms with van der Waals surface area (Å²) in [5.41, 5.74) is 9.70. The Morgan fingerprint density at radius 1 is 1.11 bits per heavy atom. The predicted molar refractivity (Wildman–Crippen MR) is 74.4 cm³/mol. The van der Waals surface area contributed by atoms with E-state index >= 15 is 0 Å². The van der Waals surface area contributed by atoms with Crippen molar-refractivity contribution in [2.45, 2.75) is 38.6 Å². The van der Waals surface area contributed by atoms with Crippen LogP contribution in [0.1, 0.15) is 33.3 Å². The van der Waals surface area contributed by atoms with E-state index in [-0.39, 0.29) is 11.0 Å². The topological polar surface area (TPSA) is 43.8 Å². The molecule has 2 N–H and O–H groups in total. The molecule has 2 aromatic rings. The standard InChI is InChI=1S/C15H19N3/c1-14(2)11-8-6-5-7-10(11)12-9-17-13(16)18(12)15(14,3)4/h5-9H,1-4H3,(H2,16,17). The van der Waals surface area contributed by atoms with E-state index in [2.05, 4.69) is 61.5 Å². The molecule has 0 atom stereocenters.